The molecule has 0 aliphatic rings. The Labute approximate surface area is 138 Å². The minimum Gasteiger partial charge on any atom is -0.399 e. The second kappa shape index (κ2) is 8.02. The van der Waals surface area contributed by atoms with E-state index in [1.165, 1.54) is 11.3 Å². The van der Waals surface area contributed by atoms with Gasteiger partial charge in [-0.1, -0.05) is 31.4 Å². The maximum Gasteiger partial charge on any atom is 0.267 e. The van der Waals surface area contributed by atoms with E-state index in [0.29, 0.717) is 17.1 Å². The van der Waals surface area contributed by atoms with E-state index in [9.17, 15) is 4.79 Å². The Kier molecular flexibility index (Phi) is 5.79. The number of rotatable bonds is 8. The number of hydrogen-bond donors (Lipinski definition) is 4. The van der Waals surface area contributed by atoms with Crippen molar-refractivity contribution in [1.29, 1.82) is 0 Å². The van der Waals surface area contributed by atoms with Crippen LogP contribution in [0.2, 0.25) is 0 Å². The fourth-order valence-corrected chi connectivity index (χ4v) is 2.27. The predicted octanol–water partition coefficient (Wildman–Crippen LogP) is 2.11. The van der Waals surface area contributed by atoms with Crippen molar-refractivity contribution in [2.45, 2.75) is 0 Å². The highest BCUT2D eigenvalue weighted by atomic mass is 32.1. The number of nitrogens with one attached hydrogen (secondary N) is 3. The Balaban J connectivity index is 1.68. The first-order chi connectivity index (χ1) is 11.1. The number of amides is 1. The zero-order chi connectivity index (χ0) is 16.7. The molecule has 23 heavy (non-hydrogen) atoms. The summed E-state index contributed by atoms with van der Waals surface area (Å²) in [5.74, 6) is -0.354. The number of carbonyl (C=O) groups is 1. The molecular formula is C16H18N4O2S. The van der Waals surface area contributed by atoms with Crippen molar-refractivity contribution >= 4 is 34.3 Å². The highest BCUT2D eigenvalue weighted by molar-refractivity contribution is 7.11. The molecule has 0 radical (unpaired) electrons. The molecule has 1 aromatic carbocycles. The fraction of sp³-hybridized carbons (Fsp3) is 0.0625. The standard InChI is InChI=1S/C16H18N4O2S/c1-11(13-5-7-14(17)8-6-13)18-19-16(21)10-22-20-12(2)15-4-3-9-23-15/h3-9,18,20H,1-2,10,17H2,(H,19,21). The van der Waals surface area contributed by atoms with Crippen LogP contribution in [-0.4, -0.2) is 12.5 Å². The van der Waals surface area contributed by atoms with Gasteiger partial charge in [0.1, 0.15) is 0 Å². The number of hydrogen-bond acceptors (Lipinski definition) is 6. The molecule has 0 saturated heterocycles. The van der Waals surface area contributed by atoms with Gasteiger partial charge in [-0.05, 0) is 29.1 Å². The van der Waals surface area contributed by atoms with Crippen LogP contribution in [-0.2, 0) is 9.63 Å². The highest BCUT2D eigenvalue weighted by Gasteiger charge is 2.05. The van der Waals surface area contributed by atoms with Gasteiger partial charge in [0, 0.05) is 5.69 Å². The van der Waals surface area contributed by atoms with E-state index in [-0.39, 0.29) is 12.5 Å². The number of hydroxylamine groups is 1. The molecule has 2 aromatic rings. The Morgan fingerprint density at radius 1 is 1.13 bits per heavy atom. The molecule has 2 rings (SSSR count). The van der Waals surface area contributed by atoms with E-state index in [2.05, 4.69) is 29.5 Å². The number of nitrogens with two attached hydrogens (primary N) is 1. The molecule has 6 nitrogen and oxygen atoms in total. The van der Waals surface area contributed by atoms with Crippen molar-refractivity contribution in [1.82, 2.24) is 16.3 Å². The lowest BCUT2D eigenvalue weighted by molar-refractivity contribution is -0.127. The molecule has 0 unspecified atom stereocenters. The third-order valence-electron chi connectivity index (χ3n) is 2.83. The summed E-state index contributed by atoms with van der Waals surface area (Å²) in [6.07, 6.45) is 0. The monoisotopic (exact) mass is 330 g/mol. The molecule has 0 fully saturated rings. The summed E-state index contributed by atoms with van der Waals surface area (Å²) in [5, 5.41) is 1.93. The average Bonchev–Trinajstić information content (AvgIpc) is 3.07. The van der Waals surface area contributed by atoms with Gasteiger partial charge in [-0.2, -0.15) is 0 Å². The topological polar surface area (TPSA) is 88.4 Å². The number of carbonyl (C=O) groups excluding carboxylic acids is 1. The second-order valence-electron chi connectivity index (χ2n) is 4.62. The summed E-state index contributed by atoms with van der Waals surface area (Å²) in [6, 6.07) is 10.9. The van der Waals surface area contributed by atoms with Crippen LogP contribution >= 0.6 is 11.3 Å². The van der Waals surface area contributed by atoms with Crippen LogP contribution in [0.15, 0.2) is 54.9 Å². The quantitative estimate of drug-likeness (QED) is 0.440. The van der Waals surface area contributed by atoms with Gasteiger partial charge in [0.25, 0.3) is 5.91 Å². The Morgan fingerprint density at radius 2 is 1.87 bits per heavy atom. The van der Waals surface area contributed by atoms with E-state index in [1.807, 2.05) is 17.5 Å². The Bertz CT molecular complexity index is 681. The summed E-state index contributed by atoms with van der Waals surface area (Å²) < 4.78 is 0. The predicted molar refractivity (Wildman–Crippen MR) is 93.6 cm³/mol. The molecule has 120 valence electrons. The van der Waals surface area contributed by atoms with Crippen LogP contribution in [0.3, 0.4) is 0 Å². The second-order valence-corrected chi connectivity index (χ2v) is 5.57. The first-order valence-electron chi connectivity index (χ1n) is 6.76. The molecule has 1 aromatic heterocycles. The van der Waals surface area contributed by atoms with E-state index in [0.717, 1.165) is 10.4 Å². The molecule has 0 aliphatic carbocycles. The summed E-state index contributed by atoms with van der Waals surface area (Å²) in [4.78, 5) is 17.7. The van der Waals surface area contributed by atoms with Gasteiger partial charge < -0.3 is 5.73 Å². The Hall–Kier alpha value is -2.77. The van der Waals surface area contributed by atoms with Crippen molar-refractivity contribution in [2.75, 3.05) is 12.3 Å². The zero-order valence-electron chi connectivity index (χ0n) is 12.5. The summed E-state index contributed by atoms with van der Waals surface area (Å²) in [6.45, 7) is 7.48. The van der Waals surface area contributed by atoms with Crippen molar-refractivity contribution in [2.24, 2.45) is 0 Å². The SMILES string of the molecule is C=C(NNC(=O)CONC(=C)c1cccs1)c1ccc(N)cc1. The minimum absolute atomic E-state index is 0.174. The van der Waals surface area contributed by atoms with E-state index < -0.39 is 0 Å². The average molecular weight is 330 g/mol. The lowest BCUT2D eigenvalue weighted by Crippen LogP contribution is -2.39. The van der Waals surface area contributed by atoms with Gasteiger partial charge >= 0.3 is 0 Å². The summed E-state index contributed by atoms with van der Waals surface area (Å²) in [5.41, 5.74) is 16.1. The largest absolute Gasteiger partial charge is 0.399 e. The smallest absolute Gasteiger partial charge is 0.267 e. The lowest BCUT2D eigenvalue weighted by atomic mass is 10.2. The van der Waals surface area contributed by atoms with E-state index in [1.54, 1.807) is 24.3 Å². The van der Waals surface area contributed by atoms with E-state index in [4.69, 9.17) is 10.6 Å². The molecule has 1 amide bonds. The third kappa shape index (κ3) is 5.17. The molecule has 0 bridgehead atoms. The van der Waals surface area contributed by atoms with Gasteiger partial charge in [0.2, 0.25) is 0 Å². The van der Waals surface area contributed by atoms with Gasteiger partial charge in [-0.15, -0.1) is 11.3 Å². The first kappa shape index (κ1) is 16.6. The van der Waals surface area contributed by atoms with Gasteiger partial charge in [-0.25, -0.2) is 0 Å². The first-order valence-corrected chi connectivity index (χ1v) is 7.64. The summed E-state index contributed by atoms with van der Waals surface area (Å²) in [7, 11) is 0. The van der Waals surface area contributed by atoms with Crippen molar-refractivity contribution in [3.63, 3.8) is 0 Å². The number of anilines is 1. The van der Waals surface area contributed by atoms with Crippen LogP contribution in [0.4, 0.5) is 5.69 Å². The van der Waals surface area contributed by atoms with Gasteiger partial charge in [-0.3, -0.25) is 26.0 Å². The Morgan fingerprint density at radius 3 is 2.52 bits per heavy atom. The molecule has 0 aliphatic heterocycles. The molecule has 0 saturated carbocycles. The molecule has 5 N–H and O–H groups in total. The normalized spacial score (nSPS) is 9.91. The molecule has 0 spiro atoms. The number of benzene rings is 1. The fourth-order valence-electron chi connectivity index (χ4n) is 1.63. The van der Waals surface area contributed by atoms with Crippen molar-refractivity contribution < 1.29 is 9.63 Å². The van der Waals surface area contributed by atoms with Gasteiger partial charge in [0.05, 0.1) is 16.3 Å². The van der Waals surface area contributed by atoms with Crippen LogP contribution in [0.25, 0.3) is 11.4 Å². The van der Waals surface area contributed by atoms with Gasteiger partial charge in [0.15, 0.2) is 6.61 Å². The van der Waals surface area contributed by atoms with E-state index >= 15 is 0 Å². The van der Waals surface area contributed by atoms with Crippen LogP contribution in [0, 0.1) is 0 Å². The number of nitrogen functional groups attached to an aromatic ring is 1. The maximum atomic E-state index is 11.7. The molecular weight excluding hydrogens is 312 g/mol. The number of thiophene rings is 1. The zero-order valence-corrected chi connectivity index (χ0v) is 13.3. The van der Waals surface area contributed by atoms with Crippen LogP contribution in [0.1, 0.15) is 10.4 Å². The summed E-state index contributed by atoms with van der Waals surface area (Å²) >= 11 is 1.53. The molecule has 7 heteroatoms. The third-order valence-corrected chi connectivity index (χ3v) is 3.76. The maximum absolute atomic E-state index is 11.7. The van der Waals surface area contributed by atoms with Crippen molar-refractivity contribution in [3.8, 4) is 0 Å². The lowest BCUT2D eigenvalue weighted by Gasteiger charge is -2.12. The minimum atomic E-state index is -0.354. The molecule has 0 atom stereocenters. The van der Waals surface area contributed by atoms with Crippen LogP contribution < -0.4 is 22.1 Å². The van der Waals surface area contributed by atoms with Crippen LogP contribution in [0.5, 0.6) is 0 Å². The highest BCUT2D eigenvalue weighted by Crippen LogP contribution is 2.15. The molecule has 1 heterocycles. The van der Waals surface area contributed by atoms with Crippen molar-refractivity contribution in [3.05, 3.63) is 65.4 Å². The number of hydrazine groups is 1.